The predicted molar refractivity (Wildman–Crippen MR) is 80.6 cm³/mol. The van der Waals surface area contributed by atoms with E-state index >= 15 is 0 Å². The van der Waals surface area contributed by atoms with E-state index in [2.05, 4.69) is 10.1 Å². The SMILES string of the molecule is CC(C)Oc1cc(N=c2sc(=S)[nH]n2C)c(F)cc1C#N. The van der Waals surface area contributed by atoms with Crippen molar-refractivity contribution in [2.24, 2.45) is 12.0 Å². The van der Waals surface area contributed by atoms with Gasteiger partial charge in [0.15, 0.2) is 9.77 Å². The van der Waals surface area contributed by atoms with E-state index < -0.39 is 5.82 Å². The zero-order valence-electron chi connectivity index (χ0n) is 11.7. The molecule has 0 saturated heterocycles. The van der Waals surface area contributed by atoms with Crippen LogP contribution in [0.1, 0.15) is 19.4 Å². The van der Waals surface area contributed by atoms with Crippen LogP contribution in [0.5, 0.6) is 5.75 Å². The minimum Gasteiger partial charge on any atom is -0.490 e. The summed E-state index contributed by atoms with van der Waals surface area (Å²) in [4.78, 5) is 4.75. The van der Waals surface area contributed by atoms with Crippen molar-refractivity contribution in [1.29, 1.82) is 5.26 Å². The van der Waals surface area contributed by atoms with Crippen LogP contribution < -0.4 is 9.54 Å². The van der Waals surface area contributed by atoms with Crippen LogP contribution in [-0.4, -0.2) is 15.9 Å². The Bertz CT molecular complexity index is 826. The predicted octanol–water partition coefficient (Wildman–Crippen LogP) is 3.17. The number of H-pyrrole nitrogens is 1. The Balaban J connectivity index is 2.60. The Morgan fingerprint density at radius 2 is 2.24 bits per heavy atom. The van der Waals surface area contributed by atoms with E-state index in [9.17, 15) is 4.39 Å². The van der Waals surface area contributed by atoms with Crippen molar-refractivity contribution in [3.8, 4) is 11.8 Å². The normalized spacial score (nSPS) is 11.7. The van der Waals surface area contributed by atoms with Gasteiger partial charge in [-0.1, -0.05) is 11.3 Å². The van der Waals surface area contributed by atoms with E-state index in [0.717, 1.165) is 6.07 Å². The molecule has 0 saturated carbocycles. The average Bonchev–Trinajstić information content (AvgIpc) is 2.70. The Hall–Kier alpha value is -1.98. The number of benzene rings is 1. The summed E-state index contributed by atoms with van der Waals surface area (Å²) in [6.07, 6.45) is -0.124. The molecule has 0 atom stereocenters. The lowest BCUT2D eigenvalue weighted by atomic mass is 10.2. The highest BCUT2D eigenvalue weighted by molar-refractivity contribution is 7.73. The third-order valence-corrected chi connectivity index (χ3v) is 3.64. The van der Waals surface area contributed by atoms with Gasteiger partial charge in [0.2, 0.25) is 4.80 Å². The van der Waals surface area contributed by atoms with E-state index in [1.165, 1.54) is 17.4 Å². The molecule has 1 aromatic carbocycles. The molecule has 0 bridgehead atoms. The highest BCUT2D eigenvalue weighted by Gasteiger charge is 2.12. The summed E-state index contributed by atoms with van der Waals surface area (Å²) < 4.78 is 21.7. The lowest BCUT2D eigenvalue weighted by molar-refractivity contribution is 0.241. The van der Waals surface area contributed by atoms with Crippen molar-refractivity contribution in [3.05, 3.63) is 32.3 Å². The maximum absolute atomic E-state index is 14.0. The number of hydrogen-bond acceptors (Lipinski definition) is 5. The van der Waals surface area contributed by atoms with Crippen LogP contribution in [0.15, 0.2) is 17.1 Å². The van der Waals surface area contributed by atoms with Crippen molar-refractivity contribution in [1.82, 2.24) is 9.78 Å². The number of ether oxygens (including phenoxy) is 1. The van der Waals surface area contributed by atoms with Crippen molar-refractivity contribution in [2.45, 2.75) is 20.0 Å². The van der Waals surface area contributed by atoms with Gasteiger partial charge in [-0.15, -0.1) is 0 Å². The van der Waals surface area contributed by atoms with E-state index in [4.69, 9.17) is 22.2 Å². The Morgan fingerprint density at radius 3 is 2.76 bits per heavy atom. The number of nitriles is 1. The van der Waals surface area contributed by atoms with Crippen LogP contribution >= 0.6 is 23.6 Å². The van der Waals surface area contributed by atoms with Gasteiger partial charge in [-0.3, -0.25) is 9.78 Å². The molecule has 2 aromatic rings. The number of nitrogens with one attached hydrogen (secondary N) is 1. The molecule has 0 spiro atoms. The first-order chi connectivity index (χ1) is 9.90. The second kappa shape index (κ2) is 6.20. The van der Waals surface area contributed by atoms with E-state index in [-0.39, 0.29) is 17.4 Å². The van der Waals surface area contributed by atoms with Crippen LogP contribution in [0, 0.1) is 21.1 Å². The quantitative estimate of drug-likeness (QED) is 0.882. The lowest BCUT2D eigenvalue weighted by Crippen LogP contribution is -2.11. The fourth-order valence-electron chi connectivity index (χ4n) is 1.63. The second-order valence-corrected chi connectivity index (χ2v) is 6.18. The molecule has 0 aliphatic heterocycles. The molecule has 1 N–H and O–H groups in total. The minimum atomic E-state index is -0.582. The van der Waals surface area contributed by atoms with Gasteiger partial charge in [-0.2, -0.15) is 5.26 Å². The summed E-state index contributed by atoms with van der Waals surface area (Å²) in [6.45, 7) is 3.66. The molecule has 1 aromatic heterocycles. The number of hydrogen-bond donors (Lipinski definition) is 1. The Labute approximate surface area is 129 Å². The highest BCUT2D eigenvalue weighted by Crippen LogP contribution is 2.28. The van der Waals surface area contributed by atoms with Crippen LogP contribution in [0.2, 0.25) is 0 Å². The molecular weight excluding hydrogens is 311 g/mol. The van der Waals surface area contributed by atoms with Crippen LogP contribution in [0.3, 0.4) is 0 Å². The molecule has 0 aliphatic rings. The summed E-state index contributed by atoms with van der Waals surface area (Å²) in [5, 5.41) is 11.9. The first-order valence-electron chi connectivity index (χ1n) is 6.12. The third-order valence-electron chi connectivity index (χ3n) is 2.48. The van der Waals surface area contributed by atoms with Crippen molar-refractivity contribution in [3.63, 3.8) is 0 Å². The standard InChI is InChI=1S/C13H13FN4OS2/c1-7(2)19-11-5-10(9(14)4-8(11)6-15)16-12-18(3)17-13(20)21-12/h4-5,7H,1-3H3,(H,17,20). The molecule has 0 aliphatic carbocycles. The van der Waals surface area contributed by atoms with Crippen molar-refractivity contribution in [2.75, 3.05) is 0 Å². The Morgan fingerprint density at radius 1 is 1.52 bits per heavy atom. The third kappa shape index (κ3) is 3.56. The number of aromatic amines is 1. The van der Waals surface area contributed by atoms with Crippen LogP contribution in [-0.2, 0) is 7.05 Å². The van der Waals surface area contributed by atoms with Gasteiger partial charge in [0, 0.05) is 13.1 Å². The zero-order valence-corrected chi connectivity index (χ0v) is 13.3. The molecule has 8 heteroatoms. The fraction of sp³-hybridized carbons (Fsp3) is 0.308. The van der Waals surface area contributed by atoms with Gasteiger partial charge in [0.25, 0.3) is 0 Å². The maximum atomic E-state index is 14.0. The molecule has 110 valence electrons. The van der Waals surface area contributed by atoms with Gasteiger partial charge >= 0.3 is 0 Å². The first kappa shape index (κ1) is 15.4. The summed E-state index contributed by atoms with van der Waals surface area (Å²) in [5.41, 5.74) is 0.247. The Kier molecular flexibility index (Phi) is 4.55. The molecule has 2 rings (SSSR count). The summed E-state index contributed by atoms with van der Waals surface area (Å²) in [6, 6.07) is 4.47. The number of halogens is 1. The number of rotatable bonds is 3. The smallest absolute Gasteiger partial charge is 0.207 e. The van der Waals surface area contributed by atoms with Crippen LogP contribution in [0.4, 0.5) is 10.1 Å². The molecule has 21 heavy (non-hydrogen) atoms. The fourth-order valence-corrected chi connectivity index (χ4v) is 2.66. The molecule has 0 amide bonds. The first-order valence-corrected chi connectivity index (χ1v) is 7.34. The molecule has 0 radical (unpaired) electrons. The van der Waals surface area contributed by atoms with Crippen LogP contribution in [0.25, 0.3) is 0 Å². The summed E-state index contributed by atoms with van der Waals surface area (Å²) >= 11 is 6.24. The molecule has 5 nitrogen and oxygen atoms in total. The van der Waals surface area contributed by atoms with Gasteiger partial charge in [0.05, 0.1) is 11.7 Å². The van der Waals surface area contributed by atoms with Gasteiger partial charge < -0.3 is 4.74 Å². The topological polar surface area (TPSA) is 66.1 Å². The highest BCUT2D eigenvalue weighted by atomic mass is 32.1. The van der Waals surface area contributed by atoms with Gasteiger partial charge in [-0.25, -0.2) is 9.38 Å². The summed E-state index contributed by atoms with van der Waals surface area (Å²) in [5.74, 6) is -0.267. The molecule has 1 heterocycles. The van der Waals surface area contributed by atoms with Gasteiger partial charge in [-0.05, 0) is 32.1 Å². The molecular formula is C13H13FN4OS2. The minimum absolute atomic E-state index is 0.102. The monoisotopic (exact) mass is 324 g/mol. The van der Waals surface area contributed by atoms with Crippen molar-refractivity contribution < 1.29 is 9.13 Å². The summed E-state index contributed by atoms with van der Waals surface area (Å²) in [7, 11) is 1.73. The number of nitrogens with zero attached hydrogens (tertiary/aromatic N) is 3. The van der Waals surface area contributed by atoms with Crippen molar-refractivity contribution >= 4 is 29.2 Å². The molecule has 0 fully saturated rings. The van der Waals surface area contributed by atoms with E-state index in [1.807, 2.05) is 19.9 Å². The average molecular weight is 324 g/mol. The zero-order chi connectivity index (χ0) is 15.6. The lowest BCUT2D eigenvalue weighted by Gasteiger charge is -2.11. The largest absolute Gasteiger partial charge is 0.490 e. The van der Waals surface area contributed by atoms with E-state index in [1.54, 1.807) is 11.7 Å². The second-order valence-electron chi connectivity index (χ2n) is 4.53. The maximum Gasteiger partial charge on any atom is 0.207 e. The van der Waals surface area contributed by atoms with E-state index in [0.29, 0.717) is 14.5 Å². The molecule has 0 unspecified atom stereocenters. The number of aryl methyl sites for hydroxylation is 1. The van der Waals surface area contributed by atoms with Gasteiger partial charge in [0.1, 0.15) is 17.5 Å². The number of aromatic nitrogens is 2.